The Morgan fingerprint density at radius 1 is 0.969 bits per heavy atom. The van der Waals surface area contributed by atoms with Crippen molar-refractivity contribution in [3.63, 3.8) is 0 Å². The Balaban J connectivity index is 1.66. The molecule has 2 aromatic carbocycles. The lowest BCUT2D eigenvalue weighted by molar-refractivity contribution is -0.116. The topological polar surface area (TPSA) is 87.5 Å². The molecular weight excluding hydrogens is 408 g/mol. The lowest BCUT2D eigenvalue weighted by atomic mass is 9.77. The van der Waals surface area contributed by atoms with Crippen molar-refractivity contribution in [2.45, 2.75) is 24.8 Å². The maximum Gasteiger partial charge on any atom is 0.226 e. The molecule has 1 aliphatic heterocycles. The van der Waals surface area contributed by atoms with Crippen LogP contribution in [0.25, 0.3) is 0 Å². The van der Waals surface area contributed by atoms with Crippen LogP contribution in [0.1, 0.15) is 35.9 Å². The Hall–Kier alpha value is -3.81. The summed E-state index contributed by atoms with van der Waals surface area (Å²) in [7, 11) is 4.72. The second kappa shape index (κ2) is 8.03. The molecule has 5 rings (SSSR count). The Morgan fingerprint density at radius 2 is 1.75 bits per heavy atom. The molecule has 3 aromatic rings. The number of anilines is 1. The molecule has 8 nitrogen and oxygen atoms in total. The van der Waals surface area contributed by atoms with Gasteiger partial charge in [0, 0.05) is 23.3 Å². The molecule has 0 unspecified atom stereocenters. The minimum atomic E-state index is -0.484. The van der Waals surface area contributed by atoms with Gasteiger partial charge in [-0.2, -0.15) is 10.1 Å². The normalized spacial score (nSPS) is 19.7. The van der Waals surface area contributed by atoms with E-state index in [9.17, 15) is 4.79 Å². The monoisotopic (exact) mass is 432 g/mol. The highest BCUT2D eigenvalue weighted by atomic mass is 16.5. The number of fused-ring (bicyclic) bond motifs is 1. The molecule has 0 saturated carbocycles. The first-order chi connectivity index (χ1) is 15.7. The van der Waals surface area contributed by atoms with E-state index in [1.807, 2.05) is 30.3 Å². The molecule has 164 valence electrons. The number of ketones is 1. The molecule has 32 heavy (non-hydrogen) atoms. The molecule has 0 bridgehead atoms. The lowest BCUT2D eigenvalue weighted by Gasteiger charge is -2.35. The number of carbonyl (C=O) groups is 1. The summed E-state index contributed by atoms with van der Waals surface area (Å²) in [4.78, 5) is 17.9. The summed E-state index contributed by atoms with van der Waals surface area (Å²) in [6, 6.07) is 13.4. The molecule has 1 aliphatic carbocycles. The third kappa shape index (κ3) is 3.10. The zero-order chi connectivity index (χ0) is 22.2. The number of aromatic nitrogens is 3. The van der Waals surface area contributed by atoms with E-state index < -0.39 is 6.04 Å². The van der Waals surface area contributed by atoms with E-state index >= 15 is 0 Å². The summed E-state index contributed by atoms with van der Waals surface area (Å²) in [6.07, 6.45) is 2.63. The summed E-state index contributed by atoms with van der Waals surface area (Å²) in [5.74, 6) is 2.31. The van der Waals surface area contributed by atoms with E-state index in [1.54, 1.807) is 26.0 Å². The van der Waals surface area contributed by atoms with E-state index in [0.717, 1.165) is 16.8 Å². The van der Waals surface area contributed by atoms with Crippen LogP contribution in [0.4, 0.5) is 5.95 Å². The summed E-state index contributed by atoms with van der Waals surface area (Å²) in [6.45, 7) is 0. The zero-order valence-corrected chi connectivity index (χ0v) is 18.2. The van der Waals surface area contributed by atoms with Gasteiger partial charge in [0.05, 0.1) is 21.3 Å². The van der Waals surface area contributed by atoms with Crippen LogP contribution in [0, 0.1) is 0 Å². The highest BCUT2D eigenvalue weighted by Gasteiger charge is 2.41. The van der Waals surface area contributed by atoms with Crippen LogP contribution in [0.5, 0.6) is 17.2 Å². The number of nitrogens with zero attached hydrogens (tertiary/aromatic N) is 3. The molecule has 0 spiro atoms. The van der Waals surface area contributed by atoms with Gasteiger partial charge in [-0.15, -0.1) is 0 Å². The molecular formula is C24H24N4O4. The second-order valence-electron chi connectivity index (χ2n) is 7.81. The van der Waals surface area contributed by atoms with Gasteiger partial charge in [-0.25, -0.2) is 4.68 Å². The number of rotatable bonds is 5. The van der Waals surface area contributed by atoms with Crippen molar-refractivity contribution in [3.05, 3.63) is 71.2 Å². The molecule has 0 amide bonds. The van der Waals surface area contributed by atoms with Gasteiger partial charge < -0.3 is 19.5 Å². The molecule has 8 heteroatoms. The van der Waals surface area contributed by atoms with Gasteiger partial charge >= 0.3 is 0 Å². The number of allylic oxidation sites excluding steroid dienone is 2. The van der Waals surface area contributed by atoms with E-state index in [0.29, 0.717) is 41.6 Å². The van der Waals surface area contributed by atoms with Gasteiger partial charge in [0.2, 0.25) is 11.7 Å². The first-order valence-electron chi connectivity index (χ1n) is 10.4. The average molecular weight is 432 g/mol. The van der Waals surface area contributed by atoms with Crippen molar-refractivity contribution >= 4 is 11.7 Å². The van der Waals surface area contributed by atoms with Crippen molar-refractivity contribution in [3.8, 4) is 17.2 Å². The highest BCUT2D eigenvalue weighted by molar-refractivity contribution is 6.00. The lowest BCUT2D eigenvalue weighted by Crippen LogP contribution is -2.33. The quantitative estimate of drug-likeness (QED) is 0.657. The summed E-state index contributed by atoms with van der Waals surface area (Å²) in [5, 5.41) is 7.77. The number of hydrogen-bond donors (Lipinski definition) is 1. The fraction of sp³-hybridized carbons (Fsp3) is 0.292. The van der Waals surface area contributed by atoms with Gasteiger partial charge in [-0.1, -0.05) is 30.3 Å². The van der Waals surface area contributed by atoms with Gasteiger partial charge in [0.1, 0.15) is 12.4 Å². The Kier molecular flexibility index (Phi) is 5.05. The maximum atomic E-state index is 13.5. The first-order valence-corrected chi connectivity index (χ1v) is 10.4. The molecule has 1 N–H and O–H groups in total. The number of carbonyl (C=O) groups excluding carboxylic acids is 1. The molecule has 0 saturated heterocycles. The first kappa shape index (κ1) is 20.1. The van der Waals surface area contributed by atoms with Crippen LogP contribution in [0.2, 0.25) is 0 Å². The third-order valence-corrected chi connectivity index (χ3v) is 6.16. The van der Waals surface area contributed by atoms with Crippen LogP contribution >= 0.6 is 0 Å². The zero-order valence-electron chi connectivity index (χ0n) is 18.2. The summed E-state index contributed by atoms with van der Waals surface area (Å²) >= 11 is 0. The fourth-order valence-corrected chi connectivity index (χ4v) is 4.74. The molecule has 0 fully saturated rings. The predicted octanol–water partition coefficient (Wildman–Crippen LogP) is 3.72. The highest BCUT2D eigenvalue weighted by Crippen LogP contribution is 2.49. The number of hydrogen-bond acceptors (Lipinski definition) is 7. The Labute approximate surface area is 185 Å². The van der Waals surface area contributed by atoms with Crippen LogP contribution in [0.3, 0.4) is 0 Å². The number of ether oxygens (including phenoxy) is 3. The van der Waals surface area contributed by atoms with Crippen molar-refractivity contribution in [1.29, 1.82) is 0 Å². The molecule has 2 heterocycles. The second-order valence-corrected chi connectivity index (χ2v) is 7.81. The SMILES string of the molecule is COc1ccc([C@@H]2C3=C(C[C@@H](c4ccccc4)CC3=O)Nc3ncnn32)c(OC)c1OC. The number of benzene rings is 2. The predicted molar refractivity (Wildman–Crippen MR) is 118 cm³/mol. The van der Waals surface area contributed by atoms with Crippen molar-refractivity contribution in [2.24, 2.45) is 0 Å². The number of methoxy groups -OCH3 is 3. The third-order valence-electron chi connectivity index (χ3n) is 6.16. The average Bonchev–Trinajstić information content (AvgIpc) is 3.30. The van der Waals surface area contributed by atoms with Crippen LogP contribution in [0.15, 0.2) is 60.1 Å². The molecule has 2 atom stereocenters. The Morgan fingerprint density at radius 3 is 2.47 bits per heavy atom. The van der Waals surface area contributed by atoms with E-state index in [1.165, 1.54) is 6.33 Å². The van der Waals surface area contributed by atoms with Gasteiger partial charge in [0.15, 0.2) is 17.3 Å². The molecule has 2 aliphatic rings. The van der Waals surface area contributed by atoms with Gasteiger partial charge in [0.25, 0.3) is 0 Å². The standard InChI is InChI=1S/C24H24N4O4/c1-30-19-10-9-16(22(31-2)23(19)32-3)21-20-17(27-24-25-13-26-28(21)24)11-15(12-18(20)29)14-7-5-4-6-8-14/h4-10,13,15,21H,11-12H2,1-3H3,(H,25,26,27)/t15-,21-/m1/s1. The maximum absolute atomic E-state index is 13.5. The van der Waals surface area contributed by atoms with Crippen molar-refractivity contribution in [1.82, 2.24) is 14.8 Å². The van der Waals surface area contributed by atoms with E-state index in [2.05, 4.69) is 27.5 Å². The summed E-state index contributed by atoms with van der Waals surface area (Å²) in [5.41, 5.74) is 3.47. The van der Waals surface area contributed by atoms with Gasteiger partial charge in [-0.05, 0) is 30.0 Å². The van der Waals surface area contributed by atoms with Crippen LogP contribution in [-0.2, 0) is 4.79 Å². The van der Waals surface area contributed by atoms with Crippen LogP contribution in [-0.4, -0.2) is 41.9 Å². The fourth-order valence-electron chi connectivity index (χ4n) is 4.74. The number of Topliss-reactive ketones (excluding diaryl/α,β-unsaturated/α-hetero) is 1. The van der Waals surface area contributed by atoms with Crippen molar-refractivity contribution in [2.75, 3.05) is 26.6 Å². The Bertz CT molecular complexity index is 1200. The number of nitrogens with one attached hydrogen (secondary N) is 1. The summed E-state index contributed by atoms with van der Waals surface area (Å²) < 4.78 is 18.5. The van der Waals surface area contributed by atoms with Crippen molar-refractivity contribution < 1.29 is 19.0 Å². The van der Waals surface area contributed by atoms with E-state index in [-0.39, 0.29) is 11.7 Å². The van der Waals surface area contributed by atoms with Crippen LogP contribution < -0.4 is 19.5 Å². The van der Waals surface area contributed by atoms with E-state index in [4.69, 9.17) is 14.2 Å². The minimum Gasteiger partial charge on any atom is -0.493 e. The smallest absolute Gasteiger partial charge is 0.226 e. The minimum absolute atomic E-state index is 0.0793. The van der Waals surface area contributed by atoms with Gasteiger partial charge in [-0.3, -0.25) is 4.79 Å². The largest absolute Gasteiger partial charge is 0.493 e. The molecule has 0 radical (unpaired) electrons. The molecule has 1 aromatic heterocycles.